The Morgan fingerprint density at radius 2 is 1.89 bits per heavy atom. The van der Waals surface area contributed by atoms with E-state index in [2.05, 4.69) is 10.0 Å². The van der Waals surface area contributed by atoms with Crippen LogP contribution in [0.2, 0.25) is 0 Å². The Balaban J connectivity index is 2.24. The lowest BCUT2D eigenvalue weighted by molar-refractivity contribution is -0.118. The largest absolute Gasteiger partial charge is 0.494 e. The van der Waals surface area contributed by atoms with Crippen LogP contribution in [0.1, 0.15) is 26.3 Å². The van der Waals surface area contributed by atoms with Crippen molar-refractivity contribution in [2.45, 2.75) is 37.1 Å². The first kappa shape index (κ1) is 22.3. The number of hydrogen-bond donors (Lipinski definition) is 2. The molecule has 0 bridgehead atoms. The zero-order valence-electron chi connectivity index (χ0n) is 16.5. The first-order valence-corrected chi connectivity index (χ1v) is 11.7. The molecule has 0 saturated carbocycles. The lowest BCUT2D eigenvalue weighted by atomic mass is 10.2. The van der Waals surface area contributed by atoms with Gasteiger partial charge in [-0.2, -0.15) is 0 Å². The van der Waals surface area contributed by atoms with Gasteiger partial charge in [0.2, 0.25) is 15.9 Å². The van der Waals surface area contributed by atoms with Gasteiger partial charge in [-0.05, 0) is 37.4 Å². The molecule has 0 fully saturated rings. The summed E-state index contributed by atoms with van der Waals surface area (Å²) in [5, 5.41) is 2.80. The van der Waals surface area contributed by atoms with Crippen LogP contribution in [0.4, 0.5) is 5.69 Å². The first-order chi connectivity index (χ1) is 13.3. The SMILES string of the molecule is CCOc1ccccc1CNS(=O)(=O)c1ccc(SC)c(NC(=O)C(C)C)c1. The third kappa shape index (κ3) is 5.73. The van der Waals surface area contributed by atoms with Crippen LogP contribution in [0.3, 0.4) is 0 Å². The van der Waals surface area contributed by atoms with E-state index in [9.17, 15) is 13.2 Å². The minimum atomic E-state index is -3.76. The molecule has 0 atom stereocenters. The molecule has 0 aliphatic heterocycles. The molecular weight excluding hydrogens is 396 g/mol. The average Bonchev–Trinajstić information content (AvgIpc) is 2.67. The van der Waals surface area contributed by atoms with Gasteiger partial charge in [0.15, 0.2) is 0 Å². The molecule has 0 aliphatic carbocycles. The van der Waals surface area contributed by atoms with Crippen molar-refractivity contribution in [2.24, 2.45) is 5.92 Å². The molecule has 1 amide bonds. The van der Waals surface area contributed by atoms with E-state index in [0.29, 0.717) is 18.0 Å². The van der Waals surface area contributed by atoms with E-state index in [1.54, 1.807) is 26.0 Å². The summed E-state index contributed by atoms with van der Waals surface area (Å²) in [5.74, 6) is 0.280. The van der Waals surface area contributed by atoms with Crippen molar-refractivity contribution >= 4 is 33.4 Å². The Morgan fingerprint density at radius 1 is 1.18 bits per heavy atom. The number of nitrogens with one attached hydrogen (secondary N) is 2. The number of ether oxygens (including phenoxy) is 1. The van der Waals surface area contributed by atoms with Gasteiger partial charge < -0.3 is 10.1 Å². The molecule has 0 aromatic heterocycles. The lowest BCUT2D eigenvalue weighted by Gasteiger charge is -2.14. The van der Waals surface area contributed by atoms with E-state index in [0.717, 1.165) is 10.5 Å². The standard InChI is InChI=1S/C20H26N2O4S2/c1-5-26-18-9-7-6-8-15(18)13-21-28(24,25)16-10-11-19(27-4)17(12-16)22-20(23)14(2)3/h6-12,14,21H,5,13H2,1-4H3,(H,22,23). The van der Waals surface area contributed by atoms with Crippen molar-refractivity contribution in [1.29, 1.82) is 0 Å². The molecule has 0 heterocycles. The number of amides is 1. The monoisotopic (exact) mass is 422 g/mol. The van der Waals surface area contributed by atoms with Gasteiger partial charge in [-0.15, -0.1) is 11.8 Å². The maximum Gasteiger partial charge on any atom is 0.240 e. The maximum absolute atomic E-state index is 12.8. The number of anilines is 1. The normalized spacial score (nSPS) is 11.5. The summed E-state index contributed by atoms with van der Waals surface area (Å²) in [7, 11) is -3.76. The molecular formula is C20H26N2O4S2. The van der Waals surface area contributed by atoms with Gasteiger partial charge in [0.25, 0.3) is 0 Å². The summed E-state index contributed by atoms with van der Waals surface area (Å²) in [6, 6.07) is 12.0. The molecule has 0 aliphatic rings. The van der Waals surface area contributed by atoms with E-state index in [1.165, 1.54) is 23.9 Å². The number of thioether (sulfide) groups is 1. The van der Waals surface area contributed by atoms with Gasteiger partial charge in [-0.1, -0.05) is 32.0 Å². The molecule has 0 saturated heterocycles. The lowest BCUT2D eigenvalue weighted by Crippen LogP contribution is -2.24. The molecule has 8 heteroatoms. The van der Waals surface area contributed by atoms with Crippen molar-refractivity contribution < 1.29 is 17.9 Å². The van der Waals surface area contributed by atoms with Gasteiger partial charge in [-0.3, -0.25) is 4.79 Å². The summed E-state index contributed by atoms with van der Waals surface area (Å²) < 4.78 is 33.7. The number of carbonyl (C=O) groups excluding carboxylic acids is 1. The molecule has 0 radical (unpaired) electrons. The third-order valence-corrected chi connectivity index (χ3v) is 6.18. The summed E-state index contributed by atoms with van der Waals surface area (Å²) in [5.41, 5.74) is 1.24. The number of sulfonamides is 1. The Kier molecular flexibility index (Phi) is 7.91. The second-order valence-electron chi connectivity index (χ2n) is 6.37. The first-order valence-electron chi connectivity index (χ1n) is 8.97. The van der Waals surface area contributed by atoms with Crippen LogP contribution < -0.4 is 14.8 Å². The van der Waals surface area contributed by atoms with Crippen LogP contribution >= 0.6 is 11.8 Å². The third-order valence-electron chi connectivity index (χ3n) is 3.99. The van der Waals surface area contributed by atoms with Crippen molar-refractivity contribution in [3.05, 3.63) is 48.0 Å². The highest BCUT2D eigenvalue weighted by Gasteiger charge is 2.18. The number of benzene rings is 2. The molecule has 2 rings (SSSR count). The highest BCUT2D eigenvalue weighted by atomic mass is 32.2. The predicted octanol–water partition coefficient (Wildman–Crippen LogP) is 3.88. The highest BCUT2D eigenvalue weighted by molar-refractivity contribution is 7.98. The Morgan fingerprint density at radius 3 is 2.54 bits per heavy atom. The van der Waals surface area contributed by atoms with Gasteiger partial charge in [0.05, 0.1) is 17.2 Å². The predicted molar refractivity (Wildman–Crippen MR) is 113 cm³/mol. The molecule has 0 unspecified atom stereocenters. The molecule has 28 heavy (non-hydrogen) atoms. The van der Waals surface area contributed by atoms with Crippen molar-refractivity contribution in [3.8, 4) is 5.75 Å². The Bertz CT molecular complexity index is 928. The second kappa shape index (κ2) is 9.95. The van der Waals surface area contributed by atoms with Crippen molar-refractivity contribution in [3.63, 3.8) is 0 Å². The van der Waals surface area contributed by atoms with Gasteiger partial charge in [0.1, 0.15) is 5.75 Å². The van der Waals surface area contributed by atoms with Crippen LogP contribution in [0.15, 0.2) is 52.3 Å². The van der Waals surface area contributed by atoms with E-state index < -0.39 is 10.0 Å². The van der Waals surface area contributed by atoms with Crippen LogP contribution in [-0.4, -0.2) is 27.2 Å². The zero-order valence-corrected chi connectivity index (χ0v) is 18.1. The van der Waals surface area contributed by atoms with E-state index >= 15 is 0 Å². The number of hydrogen-bond acceptors (Lipinski definition) is 5. The number of para-hydroxylation sites is 1. The molecule has 6 nitrogen and oxygen atoms in total. The number of carbonyl (C=O) groups is 1. The van der Waals surface area contributed by atoms with Crippen molar-refractivity contribution in [2.75, 3.05) is 18.2 Å². The van der Waals surface area contributed by atoms with E-state index in [4.69, 9.17) is 4.74 Å². The Hall–Kier alpha value is -2.03. The fourth-order valence-electron chi connectivity index (χ4n) is 2.43. The fraction of sp³-hybridized carbons (Fsp3) is 0.350. The maximum atomic E-state index is 12.8. The number of rotatable bonds is 9. The molecule has 2 N–H and O–H groups in total. The molecule has 2 aromatic rings. The Labute approximate surface area is 171 Å². The smallest absolute Gasteiger partial charge is 0.240 e. The second-order valence-corrected chi connectivity index (χ2v) is 8.99. The average molecular weight is 423 g/mol. The van der Waals surface area contributed by atoms with E-state index in [-0.39, 0.29) is 23.3 Å². The van der Waals surface area contributed by atoms with Crippen LogP contribution in [-0.2, 0) is 21.4 Å². The summed E-state index contributed by atoms with van der Waals surface area (Å²) >= 11 is 1.44. The topological polar surface area (TPSA) is 84.5 Å². The summed E-state index contributed by atoms with van der Waals surface area (Å²) in [4.78, 5) is 12.9. The molecule has 152 valence electrons. The summed E-state index contributed by atoms with van der Waals surface area (Å²) in [6.45, 7) is 6.05. The molecule has 0 spiro atoms. The fourth-order valence-corrected chi connectivity index (χ4v) is 4.00. The summed E-state index contributed by atoms with van der Waals surface area (Å²) in [6.07, 6.45) is 1.87. The van der Waals surface area contributed by atoms with E-state index in [1.807, 2.05) is 31.4 Å². The quantitative estimate of drug-likeness (QED) is 0.599. The van der Waals surface area contributed by atoms with Crippen LogP contribution in [0.25, 0.3) is 0 Å². The highest BCUT2D eigenvalue weighted by Crippen LogP contribution is 2.29. The zero-order chi connectivity index (χ0) is 20.7. The van der Waals surface area contributed by atoms with Gasteiger partial charge in [-0.25, -0.2) is 13.1 Å². The van der Waals surface area contributed by atoms with Gasteiger partial charge in [0, 0.05) is 22.9 Å². The van der Waals surface area contributed by atoms with Gasteiger partial charge >= 0.3 is 0 Å². The van der Waals surface area contributed by atoms with Crippen molar-refractivity contribution in [1.82, 2.24) is 4.72 Å². The minimum absolute atomic E-state index is 0.0956. The minimum Gasteiger partial charge on any atom is -0.494 e. The van der Waals surface area contributed by atoms with Crippen LogP contribution in [0, 0.1) is 5.92 Å². The van der Waals surface area contributed by atoms with Crippen LogP contribution in [0.5, 0.6) is 5.75 Å². The molecule has 2 aromatic carbocycles.